The fourth-order valence-corrected chi connectivity index (χ4v) is 18.2. The number of aryl methyl sites for hydroxylation is 4. The van der Waals surface area contributed by atoms with Crippen molar-refractivity contribution < 1.29 is 33.8 Å². The van der Waals surface area contributed by atoms with Gasteiger partial charge in [-0.15, -0.1) is 12.4 Å². The Balaban J connectivity index is 0.000000135. The van der Waals surface area contributed by atoms with Crippen molar-refractivity contribution in [2.24, 2.45) is 0 Å². The van der Waals surface area contributed by atoms with Crippen LogP contribution in [0.3, 0.4) is 0 Å². The van der Waals surface area contributed by atoms with Gasteiger partial charge in [0.1, 0.15) is 38.4 Å². The van der Waals surface area contributed by atoms with Gasteiger partial charge in [-0.2, -0.15) is 20.4 Å². The predicted molar refractivity (Wildman–Crippen MR) is 512 cm³/mol. The van der Waals surface area contributed by atoms with Crippen LogP contribution >= 0.6 is 12.4 Å². The van der Waals surface area contributed by atoms with Crippen molar-refractivity contribution in [3.05, 3.63) is 239 Å². The van der Waals surface area contributed by atoms with E-state index in [4.69, 9.17) is 9.84 Å². The average Bonchev–Trinajstić information content (AvgIpc) is 1.66. The number of carbonyl (C=O) groups is 5. The maximum absolute atomic E-state index is 12.8. The molecule has 11 heterocycles. The molecule has 0 radical (unpaired) electrons. The van der Waals surface area contributed by atoms with Gasteiger partial charge in [0.15, 0.2) is 0 Å². The van der Waals surface area contributed by atoms with Crippen molar-refractivity contribution in [1.82, 2.24) is 109 Å². The van der Waals surface area contributed by atoms with Gasteiger partial charge in [0.25, 0.3) is 0 Å². The van der Waals surface area contributed by atoms with E-state index in [1.165, 1.54) is 44.5 Å². The van der Waals surface area contributed by atoms with Gasteiger partial charge < -0.3 is 60.9 Å². The van der Waals surface area contributed by atoms with Gasteiger partial charge in [0.2, 0.25) is 47.4 Å². The summed E-state index contributed by atoms with van der Waals surface area (Å²) in [4.78, 5) is 108. The molecule has 0 atom stereocenters. The average molecular weight is 1820 g/mol. The van der Waals surface area contributed by atoms with E-state index in [-0.39, 0.29) is 74.2 Å². The van der Waals surface area contributed by atoms with Crippen molar-refractivity contribution in [3.63, 3.8) is 0 Å². The number of nitrogens with zero attached hydrogens (tertiary/aromatic N) is 21. The molecule has 0 bridgehead atoms. The SMILES string of the molecule is CCc1nn(CC(=O)N2CCN(C(=O)CO)CC2)cc1-c1cnc(NC2Cc3ccccc3C2)nc1.CCc1nn(CC(=O)N2CCN(C)CC2)cc1-c1cnc(NC2Cc3ccccc3C2)nc1.CCc1nn(CC(=O)N2CCNCC2)cc1-c1cnc(NC2Cc3ccccc3C2)nc1.CCc1nn(CC(=O)OC(C)(C)C)cc1-c1cnc(NC2Cc3ccccc3C2)nc1.Cl. The first kappa shape index (κ1) is 94.4. The molecule has 34 heteroatoms. The Hall–Kier alpha value is -13.2. The Morgan fingerprint density at radius 1 is 0.361 bits per heavy atom. The highest BCUT2D eigenvalue weighted by molar-refractivity contribution is 5.85. The maximum atomic E-state index is 12.8. The molecular weight excluding hydrogens is 1700 g/mol. The second-order valence-electron chi connectivity index (χ2n) is 35.7. The monoisotopic (exact) mass is 1820 g/mol. The summed E-state index contributed by atoms with van der Waals surface area (Å²) in [5.74, 6) is 2.09. The van der Waals surface area contributed by atoms with Crippen LogP contribution < -0.4 is 26.6 Å². The van der Waals surface area contributed by atoms with Crippen LogP contribution in [0.1, 0.15) is 116 Å². The molecule has 3 saturated heterocycles. The summed E-state index contributed by atoms with van der Waals surface area (Å²) in [7, 11) is 2.09. The zero-order chi connectivity index (χ0) is 91.8. The van der Waals surface area contributed by atoms with Crippen LogP contribution in [-0.4, -0.2) is 260 Å². The number of anilines is 4. The molecule has 133 heavy (non-hydrogen) atoms. The number of aliphatic hydroxyl groups excluding tert-OH is 1. The van der Waals surface area contributed by atoms with Crippen molar-refractivity contribution in [1.29, 1.82) is 0 Å². The molecule has 4 aromatic carbocycles. The molecule has 12 aromatic rings. The molecule has 8 aromatic heterocycles. The number of hydrogen-bond acceptors (Lipinski definition) is 25. The first-order valence-electron chi connectivity index (χ1n) is 46.3. The zero-order valence-corrected chi connectivity index (χ0v) is 78.0. The van der Waals surface area contributed by atoms with E-state index in [1.54, 1.807) is 40.9 Å². The summed E-state index contributed by atoms with van der Waals surface area (Å²) in [6, 6.07) is 35.4. The highest BCUT2D eigenvalue weighted by atomic mass is 35.5. The number of halogens is 1. The minimum Gasteiger partial charge on any atom is -0.459 e. The molecule has 0 saturated carbocycles. The van der Waals surface area contributed by atoms with Crippen LogP contribution in [0, 0.1) is 0 Å². The van der Waals surface area contributed by atoms with Gasteiger partial charge in [-0.3, -0.25) is 42.7 Å². The summed E-state index contributed by atoms with van der Waals surface area (Å²) < 4.78 is 12.2. The highest BCUT2D eigenvalue weighted by Gasteiger charge is 2.31. The Kier molecular flexibility index (Phi) is 31.1. The third-order valence-corrected chi connectivity index (χ3v) is 25.1. The number of ether oxygens (including phenoxy) is 1. The summed E-state index contributed by atoms with van der Waals surface area (Å²) in [5.41, 5.74) is 21.7. The second kappa shape index (κ2) is 43.9. The van der Waals surface area contributed by atoms with E-state index in [9.17, 15) is 24.0 Å². The Morgan fingerprint density at radius 3 is 0.835 bits per heavy atom. The van der Waals surface area contributed by atoms with Gasteiger partial charge in [0, 0.05) is 222 Å². The number of piperazine rings is 3. The summed E-state index contributed by atoms with van der Waals surface area (Å²) in [5, 5.41) is 44.6. The van der Waals surface area contributed by atoms with Gasteiger partial charge in [-0.1, -0.05) is 125 Å². The quantitative estimate of drug-likeness (QED) is 0.0290. The fourth-order valence-electron chi connectivity index (χ4n) is 18.2. The number of benzene rings is 4. The van der Waals surface area contributed by atoms with Crippen molar-refractivity contribution in [2.45, 2.75) is 181 Å². The molecule has 19 rings (SSSR count). The predicted octanol–water partition coefficient (Wildman–Crippen LogP) is 9.56. The van der Waals surface area contributed by atoms with Crippen molar-refractivity contribution in [2.75, 3.05) is 113 Å². The molecule has 4 aliphatic carbocycles. The number of nitrogens with one attached hydrogen (secondary N) is 5. The van der Waals surface area contributed by atoms with Crippen LogP contribution in [0.5, 0.6) is 0 Å². The highest BCUT2D eigenvalue weighted by Crippen LogP contribution is 2.33. The Bertz CT molecular complexity index is 5850. The van der Waals surface area contributed by atoms with Gasteiger partial charge in [-0.25, -0.2) is 39.9 Å². The fraction of sp³-hybridized carbons (Fsp3) is 0.424. The van der Waals surface area contributed by atoms with Crippen molar-refractivity contribution in [3.8, 4) is 44.5 Å². The molecule has 33 nitrogen and oxygen atoms in total. The van der Waals surface area contributed by atoms with Gasteiger partial charge in [0.05, 0.1) is 22.8 Å². The first-order valence-corrected chi connectivity index (χ1v) is 46.3. The van der Waals surface area contributed by atoms with Crippen LogP contribution in [0.25, 0.3) is 44.5 Å². The number of hydrogen-bond donors (Lipinski definition) is 6. The minimum absolute atomic E-state index is 0. The molecule has 7 aliphatic rings. The lowest BCUT2D eigenvalue weighted by molar-refractivity contribution is -0.155. The largest absolute Gasteiger partial charge is 0.459 e. The molecule has 3 fully saturated rings. The number of fused-ring (bicyclic) bond motifs is 4. The Morgan fingerprint density at radius 2 is 0.594 bits per heavy atom. The van der Waals surface area contributed by atoms with Crippen LogP contribution in [-0.2, 0) is 132 Å². The lowest BCUT2D eigenvalue weighted by Crippen LogP contribution is -2.51. The number of carbonyl (C=O) groups excluding carboxylic acids is 5. The topological polar surface area (TPSA) is 366 Å². The smallest absolute Gasteiger partial charge is 0.328 e. The molecule has 696 valence electrons. The normalized spacial score (nSPS) is 15.5. The van der Waals surface area contributed by atoms with Crippen molar-refractivity contribution >= 4 is 65.8 Å². The van der Waals surface area contributed by atoms with E-state index < -0.39 is 12.2 Å². The van der Waals surface area contributed by atoms with E-state index in [0.717, 1.165) is 197 Å². The van der Waals surface area contributed by atoms with Crippen LogP contribution in [0.2, 0.25) is 0 Å². The molecule has 0 unspecified atom stereocenters. The van der Waals surface area contributed by atoms with Gasteiger partial charge in [-0.05, 0) is 149 Å². The molecular formula is C99H121ClN26O7. The number of esters is 1. The molecule has 4 amide bonds. The zero-order valence-electron chi connectivity index (χ0n) is 77.2. The Labute approximate surface area is 782 Å². The third kappa shape index (κ3) is 24.4. The lowest BCUT2D eigenvalue weighted by atomic mass is 10.1. The lowest BCUT2D eigenvalue weighted by Gasteiger charge is -2.34. The van der Waals surface area contributed by atoms with E-state index in [2.05, 4.69) is 210 Å². The molecule has 6 N–H and O–H groups in total. The maximum Gasteiger partial charge on any atom is 0.328 e. The summed E-state index contributed by atoms with van der Waals surface area (Å²) in [6.07, 6.45) is 33.2. The number of aromatic nitrogens is 16. The minimum atomic E-state index is -0.516. The number of likely N-dealkylation sites (N-methyl/N-ethyl adjacent to an activating group) is 1. The third-order valence-electron chi connectivity index (χ3n) is 25.1. The first-order chi connectivity index (χ1) is 64.1. The second-order valence-corrected chi connectivity index (χ2v) is 35.7. The summed E-state index contributed by atoms with van der Waals surface area (Å²) >= 11 is 0. The van der Waals surface area contributed by atoms with Gasteiger partial charge >= 0.3 is 5.97 Å². The van der Waals surface area contributed by atoms with Crippen LogP contribution in [0.4, 0.5) is 23.8 Å². The molecule has 0 spiro atoms. The molecule has 3 aliphatic heterocycles. The number of rotatable bonds is 25. The number of aliphatic hydroxyl groups is 1. The standard InChI is InChI=1S/C26H31N7O3.C25H31N7O.C24H29N7O.C24H29N5O2.ClH/c1-2-23-22(15-33(30-23)16-24(35)31-7-9-32(10-8-31)25(36)17-34)20-13-27-26(28-14-20)29-21-11-18-5-3-4-6-19(18)12-21;1-3-23-22(16-32(29-23)17-24(33)31-10-8-30(2)9-11-31)20-14-26-25(27-15-20)28-21-12-18-6-4-5-7-19(18)13-21;1-2-22-21(15-31(29-22)16-23(32)30-9-7-25-8-10-30)19-13-26-24(27-14-19)28-20-11-17-5-3-4-6-18(17)12-20;1-5-21-20(14-29(28-21)15-22(30)31-24(2,3)4)18-12-25-23(26-13-18)27-19-10-16-8-6-7-9-17(16)11-19;/h3-6,13-15,21,34H,2,7-12,16-17H2,1H3,(H,27,28,29);4-7,14-16,21H,3,8-13,17H2,1-2H3,(H,26,27,28);3-6,13-15,20,25H,2,7-12,16H2,1H3,(H,26,27,28);6-9,12-14,19H,5,10-11,15H2,1-4H3,(H,25,26,27);1H. The summed E-state index contributed by atoms with van der Waals surface area (Å²) in [6.45, 7) is 22.4. The van der Waals surface area contributed by atoms with E-state index in [0.29, 0.717) is 68.1 Å². The van der Waals surface area contributed by atoms with E-state index in [1.807, 2.05) is 106 Å². The van der Waals surface area contributed by atoms with Crippen LogP contribution in [0.15, 0.2) is 171 Å². The number of amides is 4. The van der Waals surface area contributed by atoms with E-state index >= 15 is 0 Å².